The summed E-state index contributed by atoms with van der Waals surface area (Å²) >= 11 is 0. The van der Waals surface area contributed by atoms with E-state index >= 15 is 0 Å². The third-order valence-electron chi connectivity index (χ3n) is 9.16. The van der Waals surface area contributed by atoms with Crippen LogP contribution in [0.25, 0.3) is 16.7 Å². The van der Waals surface area contributed by atoms with Gasteiger partial charge in [0.05, 0.1) is 24.0 Å². The maximum Gasteiger partial charge on any atom is 0.264 e. The Balaban J connectivity index is 1.06. The Labute approximate surface area is 239 Å². The van der Waals surface area contributed by atoms with Crippen LogP contribution in [-0.2, 0) is 11.3 Å². The van der Waals surface area contributed by atoms with Crippen LogP contribution in [0.4, 0.5) is 5.69 Å². The third kappa shape index (κ3) is 5.14. The monoisotopic (exact) mass is 552 g/mol. The van der Waals surface area contributed by atoms with Crippen LogP contribution < -0.4 is 10.5 Å². The quantitative estimate of drug-likeness (QED) is 0.392. The standard InChI is InChI=1S/C32H36N6O3/c39-30(25-9-10-25)36-17-13-32(41,14-18-36)21-37-22-33-29-28(31(37)40)20-34-38(29)27-8-4-7-26(19-27)35-15-11-24(12-16-35)23-5-2-1-3-6-23/h1-8,19-20,22,24-25,41H,9-18,21H2. The molecular formula is C32H36N6O3. The van der Waals surface area contributed by atoms with Gasteiger partial charge < -0.3 is 14.9 Å². The summed E-state index contributed by atoms with van der Waals surface area (Å²) in [5.74, 6) is 0.979. The van der Waals surface area contributed by atoms with Crippen molar-refractivity contribution in [1.29, 1.82) is 0 Å². The predicted octanol–water partition coefficient (Wildman–Crippen LogP) is 3.73. The van der Waals surface area contributed by atoms with Crippen molar-refractivity contribution in [3.05, 3.63) is 83.0 Å². The number of carbonyl (C=O) groups excluding carboxylic acids is 1. The van der Waals surface area contributed by atoms with Crippen molar-refractivity contribution in [1.82, 2.24) is 24.2 Å². The van der Waals surface area contributed by atoms with Gasteiger partial charge in [-0.05, 0) is 68.2 Å². The van der Waals surface area contributed by atoms with E-state index in [1.807, 2.05) is 17.0 Å². The van der Waals surface area contributed by atoms with Crippen LogP contribution in [-0.4, -0.2) is 67.0 Å². The van der Waals surface area contributed by atoms with Crippen LogP contribution in [0.1, 0.15) is 50.0 Å². The van der Waals surface area contributed by atoms with E-state index < -0.39 is 5.60 Å². The average Bonchev–Trinajstić information content (AvgIpc) is 3.78. The first-order chi connectivity index (χ1) is 20.0. The molecule has 0 unspecified atom stereocenters. The molecule has 0 radical (unpaired) electrons. The molecule has 4 heterocycles. The van der Waals surface area contributed by atoms with Gasteiger partial charge in [-0.3, -0.25) is 14.2 Å². The van der Waals surface area contributed by atoms with Gasteiger partial charge in [0.15, 0.2) is 5.65 Å². The fraction of sp³-hybridized carbons (Fsp3) is 0.438. The molecule has 1 aliphatic carbocycles. The highest BCUT2D eigenvalue weighted by molar-refractivity contribution is 5.81. The SMILES string of the molecule is O=C(C1CC1)N1CCC(O)(Cn2cnc3c(cnn3-c3cccc(N4CCC(c5ccccc5)CC4)c3)c2=O)CC1. The van der Waals surface area contributed by atoms with E-state index in [2.05, 4.69) is 57.4 Å². The van der Waals surface area contributed by atoms with Crippen molar-refractivity contribution in [2.45, 2.75) is 56.6 Å². The minimum Gasteiger partial charge on any atom is -0.388 e. The van der Waals surface area contributed by atoms with E-state index in [4.69, 9.17) is 0 Å². The normalized spacial score (nSPS) is 19.5. The average molecular weight is 553 g/mol. The molecule has 212 valence electrons. The summed E-state index contributed by atoms with van der Waals surface area (Å²) in [7, 11) is 0. The number of carbonyl (C=O) groups is 1. The molecule has 2 aliphatic heterocycles. The molecule has 1 N–H and O–H groups in total. The summed E-state index contributed by atoms with van der Waals surface area (Å²) in [5, 5.41) is 16.2. The lowest BCUT2D eigenvalue weighted by Crippen LogP contribution is -2.50. The largest absolute Gasteiger partial charge is 0.388 e. The first kappa shape index (κ1) is 26.0. The van der Waals surface area contributed by atoms with Crippen LogP contribution in [0.2, 0.25) is 0 Å². The number of anilines is 1. The number of hydrogen-bond acceptors (Lipinski definition) is 6. The minimum absolute atomic E-state index is 0.153. The molecule has 4 aromatic rings. The molecule has 41 heavy (non-hydrogen) atoms. The Hall–Kier alpha value is -3.98. The van der Waals surface area contributed by atoms with E-state index in [0.29, 0.717) is 42.9 Å². The lowest BCUT2D eigenvalue weighted by molar-refractivity contribution is -0.137. The van der Waals surface area contributed by atoms with E-state index in [9.17, 15) is 14.7 Å². The lowest BCUT2D eigenvalue weighted by Gasteiger charge is -2.38. The lowest BCUT2D eigenvalue weighted by atomic mass is 9.89. The van der Waals surface area contributed by atoms with Crippen molar-refractivity contribution in [2.75, 3.05) is 31.1 Å². The van der Waals surface area contributed by atoms with Gasteiger partial charge in [-0.1, -0.05) is 36.4 Å². The molecular weight excluding hydrogens is 516 g/mol. The summed E-state index contributed by atoms with van der Waals surface area (Å²) in [4.78, 5) is 34.7. The summed E-state index contributed by atoms with van der Waals surface area (Å²) in [6, 6.07) is 19.0. The van der Waals surface area contributed by atoms with Gasteiger partial charge in [-0.2, -0.15) is 5.10 Å². The number of hydrogen-bond donors (Lipinski definition) is 1. The number of benzene rings is 2. The van der Waals surface area contributed by atoms with Gasteiger partial charge in [-0.15, -0.1) is 0 Å². The second kappa shape index (κ2) is 10.4. The Morgan fingerprint density at radius 2 is 1.66 bits per heavy atom. The van der Waals surface area contributed by atoms with Crippen molar-refractivity contribution in [2.24, 2.45) is 5.92 Å². The highest BCUT2D eigenvalue weighted by atomic mass is 16.3. The summed E-state index contributed by atoms with van der Waals surface area (Å²) < 4.78 is 3.21. The molecule has 3 fully saturated rings. The number of aromatic nitrogens is 4. The zero-order valence-corrected chi connectivity index (χ0v) is 23.2. The molecule has 1 saturated carbocycles. The highest BCUT2D eigenvalue weighted by Gasteiger charge is 2.39. The van der Waals surface area contributed by atoms with Gasteiger partial charge >= 0.3 is 0 Å². The number of likely N-dealkylation sites (tertiary alicyclic amines) is 1. The number of amides is 1. The molecule has 0 bridgehead atoms. The molecule has 0 atom stereocenters. The number of aliphatic hydroxyl groups is 1. The van der Waals surface area contributed by atoms with Crippen molar-refractivity contribution in [3.8, 4) is 5.69 Å². The van der Waals surface area contributed by atoms with E-state index in [1.54, 1.807) is 10.9 Å². The second-order valence-corrected chi connectivity index (χ2v) is 12.0. The second-order valence-electron chi connectivity index (χ2n) is 12.0. The van der Waals surface area contributed by atoms with Crippen LogP contribution in [0.3, 0.4) is 0 Å². The molecule has 2 saturated heterocycles. The smallest absolute Gasteiger partial charge is 0.264 e. The topological polar surface area (TPSA) is 96.5 Å². The van der Waals surface area contributed by atoms with Gasteiger partial charge in [0.25, 0.3) is 5.56 Å². The third-order valence-corrected chi connectivity index (χ3v) is 9.16. The van der Waals surface area contributed by atoms with Crippen LogP contribution in [0.5, 0.6) is 0 Å². The maximum absolute atomic E-state index is 13.4. The molecule has 7 rings (SSSR count). The molecule has 2 aromatic carbocycles. The van der Waals surface area contributed by atoms with Gasteiger partial charge in [0.2, 0.25) is 5.91 Å². The number of rotatable bonds is 6. The predicted molar refractivity (Wildman–Crippen MR) is 157 cm³/mol. The Morgan fingerprint density at radius 3 is 2.39 bits per heavy atom. The van der Waals surface area contributed by atoms with Gasteiger partial charge in [0, 0.05) is 37.8 Å². The summed E-state index contributed by atoms with van der Waals surface area (Å²) in [6.07, 6.45) is 8.16. The Morgan fingerprint density at radius 1 is 0.927 bits per heavy atom. The fourth-order valence-corrected chi connectivity index (χ4v) is 6.47. The first-order valence-electron chi connectivity index (χ1n) is 14.8. The van der Waals surface area contributed by atoms with Crippen molar-refractivity contribution in [3.63, 3.8) is 0 Å². The molecule has 3 aliphatic rings. The van der Waals surface area contributed by atoms with Crippen LogP contribution in [0, 0.1) is 5.92 Å². The molecule has 9 nitrogen and oxygen atoms in total. The molecule has 0 spiro atoms. The van der Waals surface area contributed by atoms with Gasteiger partial charge in [-0.25, -0.2) is 9.67 Å². The van der Waals surface area contributed by atoms with Crippen molar-refractivity contribution >= 4 is 22.6 Å². The minimum atomic E-state index is -1.04. The zero-order chi connectivity index (χ0) is 28.0. The van der Waals surface area contributed by atoms with Gasteiger partial charge in [0.1, 0.15) is 11.7 Å². The molecule has 9 heteroatoms. The number of fused-ring (bicyclic) bond motifs is 1. The van der Waals surface area contributed by atoms with Crippen LogP contribution >= 0.6 is 0 Å². The number of nitrogens with zero attached hydrogens (tertiary/aromatic N) is 6. The zero-order valence-electron chi connectivity index (χ0n) is 23.2. The summed E-state index contributed by atoms with van der Waals surface area (Å²) in [6.45, 7) is 3.17. The Bertz CT molecular complexity index is 1610. The van der Waals surface area contributed by atoms with E-state index in [0.717, 1.165) is 50.1 Å². The fourth-order valence-electron chi connectivity index (χ4n) is 6.47. The van der Waals surface area contributed by atoms with E-state index in [1.165, 1.54) is 16.5 Å². The van der Waals surface area contributed by atoms with E-state index in [-0.39, 0.29) is 23.9 Å². The van der Waals surface area contributed by atoms with Crippen molar-refractivity contribution < 1.29 is 9.90 Å². The maximum atomic E-state index is 13.4. The molecule has 1 amide bonds. The van der Waals surface area contributed by atoms with Crippen LogP contribution in [0.15, 0.2) is 71.9 Å². The Kier molecular flexibility index (Phi) is 6.61. The number of piperidine rings is 2. The summed E-state index contributed by atoms with van der Waals surface area (Å²) in [5.41, 5.74) is 2.66. The highest BCUT2D eigenvalue weighted by Crippen LogP contribution is 2.34. The molecule has 2 aromatic heterocycles. The first-order valence-corrected chi connectivity index (χ1v) is 14.8.